The second kappa shape index (κ2) is 11.3. The number of carboxylic acid groups (broad SMARTS) is 1. The van der Waals surface area contributed by atoms with Crippen LogP contribution in [0.5, 0.6) is 5.75 Å². The van der Waals surface area contributed by atoms with E-state index in [0.29, 0.717) is 5.75 Å². The van der Waals surface area contributed by atoms with Gasteiger partial charge in [-0.3, -0.25) is 14.4 Å². The van der Waals surface area contributed by atoms with Crippen molar-refractivity contribution in [2.45, 2.75) is 65.0 Å². The number of hydrogen-bond donors (Lipinski definition) is 3. The first-order chi connectivity index (χ1) is 16.1. The zero-order valence-corrected chi connectivity index (χ0v) is 20.0. The van der Waals surface area contributed by atoms with E-state index < -0.39 is 24.0 Å². The molecule has 7 nitrogen and oxygen atoms in total. The van der Waals surface area contributed by atoms with E-state index in [4.69, 9.17) is 10.5 Å². The van der Waals surface area contributed by atoms with Crippen molar-refractivity contribution >= 4 is 23.3 Å². The molecule has 182 valence electrons. The third-order valence-electron chi connectivity index (χ3n) is 6.42. The Kier molecular flexibility index (Phi) is 8.45. The van der Waals surface area contributed by atoms with E-state index in [1.165, 1.54) is 0 Å². The molecule has 0 aromatic heterocycles. The molecule has 34 heavy (non-hydrogen) atoms. The minimum Gasteiger partial charge on any atom is -0.482 e. The summed E-state index contributed by atoms with van der Waals surface area (Å²) < 4.78 is 6.01. The monoisotopic (exact) mass is 466 g/mol. The fourth-order valence-corrected chi connectivity index (χ4v) is 4.55. The van der Waals surface area contributed by atoms with Gasteiger partial charge in [0.15, 0.2) is 11.9 Å². The second-order valence-corrected chi connectivity index (χ2v) is 9.39. The predicted molar refractivity (Wildman–Crippen MR) is 131 cm³/mol. The summed E-state index contributed by atoms with van der Waals surface area (Å²) in [6, 6.07) is 11.6. The van der Waals surface area contributed by atoms with Crippen molar-refractivity contribution < 1.29 is 24.2 Å². The van der Waals surface area contributed by atoms with Crippen molar-refractivity contribution in [2.75, 3.05) is 5.32 Å². The van der Waals surface area contributed by atoms with Gasteiger partial charge >= 0.3 is 5.97 Å². The first kappa shape index (κ1) is 25.4. The summed E-state index contributed by atoms with van der Waals surface area (Å²) in [4.78, 5) is 37.0. The van der Waals surface area contributed by atoms with Gasteiger partial charge in [-0.2, -0.15) is 0 Å². The number of ether oxygens (including phenoxy) is 1. The number of Topliss-reactive ketones (excluding diaryl/α,β-unsaturated/α-hetero) is 1. The molecule has 1 aliphatic rings. The molecule has 0 aliphatic heterocycles. The van der Waals surface area contributed by atoms with Crippen LogP contribution in [0.3, 0.4) is 0 Å². The number of nitrogens with two attached hydrogens (primary N) is 1. The van der Waals surface area contributed by atoms with Crippen LogP contribution < -0.4 is 15.8 Å². The Bertz CT molecular complexity index is 1010. The zero-order valence-electron chi connectivity index (χ0n) is 20.0. The molecule has 2 aromatic carbocycles. The Morgan fingerprint density at radius 2 is 1.65 bits per heavy atom. The van der Waals surface area contributed by atoms with E-state index in [9.17, 15) is 19.5 Å². The topological polar surface area (TPSA) is 119 Å². The quantitative estimate of drug-likeness (QED) is 0.486. The van der Waals surface area contributed by atoms with Crippen molar-refractivity contribution in [1.82, 2.24) is 0 Å². The van der Waals surface area contributed by atoms with Gasteiger partial charge in [0.2, 0.25) is 5.91 Å². The number of nitrogens with one attached hydrogen (secondary N) is 1. The lowest BCUT2D eigenvalue weighted by molar-refractivity contribution is -0.142. The van der Waals surface area contributed by atoms with E-state index in [1.54, 1.807) is 31.2 Å². The normalized spacial score (nSPS) is 16.5. The van der Waals surface area contributed by atoms with Gasteiger partial charge in [0.1, 0.15) is 11.8 Å². The number of carbonyl (C=O) groups is 3. The van der Waals surface area contributed by atoms with Gasteiger partial charge in [-0.25, -0.2) is 0 Å². The number of ketones is 1. The third-order valence-corrected chi connectivity index (χ3v) is 6.42. The number of benzene rings is 2. The van der Waals surface area contributed by atoms with Crippen LogP contribution in [0, 0.1) is 25.7 Å². The van der Waals surface area contributed by atoms with Crippen LogP contribution in [0.25, 0.3) is 0 Å². The Labute approximate surface area is 200 Å². The number of anilines is 1. The van der Waals surface area contributed by atoms with E-state index >= 15 is 0 Å². The summed E-state index contributed by atoms with van der Waals surface area (Å²) in [5.41, 5.74) is 9.55. The number of rotatable bonds is 10. The fraction of sp³-hybridized carbons (Fsp3) is 0.444. The van der Waals surface area contributed by atoms with E-state index in [-0.39, 0.29) is 24.0 Å². The molecule has 1 aliphatic carbocycles. The molecule has 0 spiro atoms. The number of hydrogen-bond acceptors (Lipinski definition) is 5. The molecule has 3 rings (SSSR count). The van der Waals surface area contributed by atoms with Gasteiger partial charge in [-0.1, -0.05) is 38.0 Å². The van der Waals surface area contributed by atoms with Crippen molar-refractivity contribution in [1.29, 1.82) is 0 Å². The molecule has 7 heteroatoms. The average Bonchev–Trinajstić information content (AvgIpc) is 3.31. The van der Waals surface area contributed by atoms with Crippen LogP contribution in [0.4, 0.5) is 5.69 Å². The molecule has 4 N–H and O–H groups in total. The summed E-state index contributed by atoms with van der Waals surface area (Å²) in [7, 11) is 0. The summed E-state index contributed by atoms with van der Waals surface area (Å²) in [6.45, 7) is 5.61. The van der Waals surface area contributed by atoms with Crippen LogP contribution in [0.1, 0.15) is 49.3 Å². The van der Waals surface area contributed by atoms with E-state index in [1.807, 2.05) is 32.0 Å². The van der Waals surface area contributed by atoms with Gasteiger partial charge in [-0.15, -0.1) is 0 Å². The van der Waals surface area contributed by atoms with Gasteiger partial charge in [0.05, 0.1) is 6.42 Å². The highest BCUT2D eigenvalue weighted by Gasteiger charge is 2.38. The van der Waals surface area contributed by atoms with Crippen molar-refractivity contribution in [2.24, 2.45) is 17.6 Å². The first-order valence-corrected chi connectivity index (χ1v) is 11.8. The maximum atomic E-state index is 13.1. The molecule has 2 aromatic rings. The van der Waals surface area contributed by atoms with Gasteiger partial charge in [-0.05, 0) is 67.6 Å². The smallest absolute Gasteiger partial charge is 0.320 e. The summed E-state index contributed by atoms with van der Waals surface area (Å²) in [6.07, 6.45) is 2.82. The van der Waals surface area contributed by atoms with Crippen molar-refractivity contribution in [3.8, 4) is 5.75 Å². The van der Waals surface area contributed by atoms with Gasteiger partial charge in [0.25, 0.3) is 0 Å². The molecule has 3 atom stereocenters. The maximum absolute atomic E-state index is 13.1. The number of carbonyl (C=O) groups excluding carboxylic acids is 2. The summed E-state index contributed by atoms with van der Waals surface area (Å²) in [5.74, 6) is -1.74. The lowest BCUT2D eigenvalue weighted by Gasteiger charge is -2.28. The lowest BCUT2D eigenvalue weighted by Crippen LogP contribution is -2.48. The standard InChI is InChI=1S/C27H34N2O5/c1-16-12-17(2)14-21(13-16)29-23(30)15-19-8-10-22(11-9-19)34-26(18(3)24(28)27(32)33)25(31)20-6-4-5-7-20/h8-14,18,20,24,26H,4-7,15,28H2,1-3H3,(H,29,30)(H,32,33)/t18?,24-,26?/m0/s1. The molecule has 2 unspecified atom stereocenters. The Morgan fingerprint density at radius 1 is 1.06 bits per heavy atom. The molecule has 1 amide bonds. The lowest BCUT2D eigenvalue weighted by atomic mass is 9.87. The summed E-state index contributed by atoms with van der Waals surface area (Å²) >= 11 is 0. The van der Waals surface area contributed by atoms with Gasteiger partial charge in [0, 0.05) is 17.5 Å². The minimum atomic E-state index is -1.21. The van der Waals surface area contributed by atoms with Gasteiger partial charge < -0.3 is 20.9 Å². The van der Waals surface area contributed by atoms with Crippen molar-refractivity contribution in [3.05, 3.63) is 59.2 Å². The molecule has 1 fully saturated rings. The number of amides is 1. The molecule has 1 saturated carbocycles. The number of carboxylic acids is 1. The highest BCUT2D eigenvalue weighted by molar-refractivity contribution is 5.92. The second-order valence-electron chi connectivity index (χ2n) is 9.39. The van der Waals surface area contributed by atoms with Crippen LogP contribution in [-0.4, -0.2) is 34.9 Å². The van der Waals surface area contributed by atoms with E-state index in [0.717, 1.165) is 48.1 Å². The zero-order chi connectivity index (χ0) is 24.8. The summed E-state index contributed by atoms with van der Waals surface area (Å²) in [5, 5.41) is 12.3. The highest BCUT2D eigenvalue weighted by atomic mass is 16.5. The van der Waals surface area contributed by atoms with Crippen LogP contribution >= 0.6 is 0 Å². The molecule has 0 radical (unpaired) electrons. The Balaban J connectivity index is 1.67. The number of aliphatic carboxylic acids is 1. The molecular weight excluding hydrogens is 432 g/mol. The van der Waals surface area contributed by atoms with Crippen LogP contribution in [-0.2, 0) is 20.8 Å². The largest absolute Gasteiger partial charge is 0.482 e. The third kappa shape index (κ3) is 6.67. The molecule has 0 bridgehead atoms. The van der Waals surface area contributed by atoms with Crippen LogP contribution in [0.15, 0.2) is 42.5 Å². The minimum absolute atomic E-state index is 0.0846. The predicted octanol–water partition coefficient (Wildman–Crippen LogP) is 4.04. The Hall–Kier alpha value is -3.19. The molecule has 0 saturated heterocycles. The maximum Gasteiger partial charge on any atom is 0.320 e. The van der Waals surface area contributed by atoms with E-state index in [2.05, 4.69) is 5.32 Å². The Morgan fingerprint density at radius 3 is 2.21 bits per heavy atom. The average molecular weight is 467 g/mol. The number of aryl methyl sites for hydroxylation is 2. The molecular formula is C27H34N2O5. The van der Waals surface area contributed by atoms with Crippen LogP contribution in [0.2, 0.25) is 0 Å². The molecule has 0 heterocycles. The SMILES string of the molecule is Cc1cc(C)cc(NC(=O)Cc2ccc(OC(C(=O)C3CCCC3)C(C)[C@H](N)C(=O)O)cc2)c1. The van der Waals surface area contributed by atoms with Crippen molar-refractivity contribution in [3.63, 3.8) is 0 Å². The fourth-order valence-electron chi connectivity index (χ4n) is 4.55. The first-order valence-electron chi connectivity index (χ1n) is 11.8. The highest BCUT2D eigenvalue weighted by Crippen LogP contribution is 2.30.